The van der Waals surface area contributed by atoms with Crippen LogP contribution in [0.15, 0.2) is 0 Å². The molecule has 0 radical (unpaired) electrons. The Balaban J connectivity index is 6.23. The normalized spacial score (nSPS) is 16.3. The number of carboxylic acid groups (broad SMARTS) is 2. The Morgan fingerprint density at radius 2 is 0.853 bits per heavy atom. The van der Waals surface area contributed by atoms with Gasteiger partial charge in [-0.25, -0.2) is 0 Å². The Labute approximate surface area is 182 Å². The third-order valence-corrected chi connectivity index (χ3v) is 4.04. The molecule has 6 nitrogen and oxygen atoms in total. The molecule has 0 saturated carbocycles. The van der Waals surface area contributed by atoms with Crippen LogP contribution < -0.4 is 0 Å². The molecule has 0 saturated heterocycles. The first-order chi connectivity index (χ1) is 14.7. The molecule has 0 rings (SSSR count). The van der Waals surface area contributed by atoms with Crippen molar-refractivity contribution in [2.45, 2.75) is 75.8 Å². The molecule has 0 heterocycles. The first-order valence-corrected chi connectivity index (χ1v) is 8.82. The highest BCUT2D eigenvalue weighted by Gasteiger charge is 2.65. The Bertz CT molecular complexity index is 656. The highest BCUT2D eigenvalue weighted by molar-refractivity contribution is 5.68. The number of halogens is 12. The summed E-state index contributed by atoms with van der Waals surface area (Å²) in [5, 5.41) is 17.5. The standard InChI is InChI=1S/C16H18F12O6/c1-11(17,18)33-15(25,26)13(21,22)5-7(3-9(29)30)8(4-10(31)32)6-14(23,24)16(27,28)34-12(2,19)20/h7-8H,3-6H2,1-2H3,(H,29,30)(H,31,32). The minimum atomic E-state index is -6.06. The third-order valence-electron chi connectivity index (χ3n) is 4.04. The number of ether oxygens (including phenoxy) is 2. The fourth-order valence-corrected chi connectivity index (χ4v) is 2.76. The first-order valence-electron chi connectivity index (χ1n) is 8.82. The summed E-state index contributed by atoms with van der Waals surface area (Å²) in [4.78, 5) is 21.8. The Morgan fingerprint density at radius 1 is 0.618 bits per heavy atom. The summed E-state index contributed by atoms with van der Waals surface area (Å²) < 4.78 is 166. The van der Waals surface area contributed by atoms with Crippen molar-refractivity contribution in [1.82, 2.24) is 0 Å². The summed E-state index contributed by atoms with van der Waals surface area (Å²) in [6.07, 6.45) is -30.7. The van der Waals surface area contributed by atoms with E-state index in [0.29, 0.717) is 0 Å². The molecule has 2 N–H and O–H groups in total. The predicted molar refractivity (Wildman–Crippen MR) is 83.9 cm³/mol. The zero-order chi connectivity index (χ0) is 27.6. The molecular formula is C16H18F12O6. The van der Waals surface area contributed by atoms with Gasteiger partial charge in [-0.1, -0.05) is 0 Å². The molecule has 0 aliphatic rings. The lowest BCUT2D eigenvalue weighted by Gasteiger charge is -2.35. The highest BCUT2D eigenvalue weighted by Crippen LogP contribution is 2.49. The maximum atomic E-state index is 14.0. The zero-order valence-corrected chi connectivity index (χ0v) is 17.0. The molecule has 0 fully saturated rings. The largest absolute Gasteiger partial charge is 0.481 e. The van der Waals surface area contributed by atoms with Crippen molar-refractivity contribution in [2.75, 3.05) is 0 Å². The fraction of sp³-hybridized carbons (Fsp3) is 0.875. The summed E-state index contributed by atoms with van der Waals surface area (Å²) in [6, 6.07) is 0. The van der Waals surface area contributed by atoms with Crippen molar-refractivity contribution < 1.29 is 82.0 Å². The maximum Gasteiger partial charge on any atom is 0.423 e. The Kier molecular flexibility index (Phi) is 9.73. The van der Waals surface area contributed by atoms with Gasteiger partial charge in [-0.2, -0.15) is 52.7 Å². The van der Waals surface area contributed by atoms with Crippen molar-refractivity contribution in [1.29, 1.82) is 0 Å². The first kappa shape index (κ1) is 32.0. The Hall–Kier alpha value is -1.98. The minimum absolute atomic E-state index is 0.384. The van der Waals surface area contributed by atoms with Gasteiger partial charge in [0, 0.05) is 39.5 Å². The van der Waals surface area contributed by atoms with Crippen molar-refractivity contribution in [3.8, 4) is 0 Å². The Morgan fingerprint density at radius 3 is 1.03 bits per heavy atom. The summed E-state index contributed by atoms with van der Waals surface area (Å²) in [7, 11) is 0. The van der Waals surface area contributed by atoms with Crippen LogP contribution in [0.4, 0.5) is 52.7 Å². The van der Waals surface area contributed by atoms with E-state index < -0.39 is 85.7 Å². The molecule has 2 atom stereocenters. The molecule has 0 spiro atoms. The lowest BCUT2D eigenvalue weighted by molar-refractivity contribution is -0.431. The molecule has 0 aliphatic carbocycles. The molecule has 0 aliphatic heterocycles. The second-order valence-corrected chi connectivity index (χ2v) is 7.39. The SMILES string of the molecule is CC(F)(F)OC(F)(F)C(F)(F)CC(CC(=O)O)C(CC(=O)O)CC(F)(F)C(F)(F)OC(C)(F)F. The van der Waals surface area contributed by atoms with E-state index in [0.717, 1.165) is 0 Å². The van der Waals surface area contributed by atoms with Crippen LogP contribution in [-0.4, -0.2) is 58.4 Å². The van der Waals surface area contributed by atoms with Crippen molar-refractivity contribution in [3.63, 3.8) is 0 Å². The van der Waals surface area contributed by atoms with Crippen molar-refractivity contribution in [3.05, 3.63) is 0 Å². The molecule has 202 valence electrons. The summed E-state index contributed by atoms with van der Waals surface area (Å²) in [5.74, 6) is -21.5. The average molecular weight is 534 g/mol. The number of carboxylic acids is 2. The summed E-state index contributed by atoms with van der Waals surface area (Å²) in [5.41, 5.74) is 0. The molecular weight excluding hydrogens is 516 g/mol. The van der Waals surface area contributed by atoms with Gasteiger partial charge in [0.05, 0.1) is 0 Å². The zero-order valence-electron chi connectivity index (χ0n) is 17.0. The molecule has 0 amide bonds. The van der Waals surface area contributed by atoms with E-state index >= 15 is 0 Å². The van der Waals surface area contributed by atoms with Gasteiger partial charge in [0.1, 0.15) is 0 Å². The van der Waals surface area contributed by atoms with Crippen molar-refractivity contribution >= 4 is 11.9 Å². The van der Waals surface area contributed by atoms with E-state index in [4.69, 9.17) is 10.2 Å². The number of hydrogen-bond acceptors (Lipinski definition) is 4. The molecule has 18 heteroatoms. The van der Waals surface area contributed by atoms with Crippen LogP contribution in [0.5, 0.6) is 0 Å². The van der Waals surface area contributed by atoms with Crippen LogP contribution in [0, 0.1) is 11.8 Å². The van der Waals surface area contributed by atoms with Gasteiger partial charge < -0.3 is 10.2 Å². The molecule has 0 aromatic rings. The van der Waals surface area contributed by atoms with E-state index in [-0.39, 0.29) is 13.8 Å². The summed E-state index contributed by atoms with van der Waals surface area (Å²) >= 11 is 0. The number of aliphatic carboxylic acids is 2. The monoisotopic (exact) mass is 534 g/mol. The molecule has 0 bridgehead atoms. The van der Waals surface area contributed by atoms with Gasteiger partial charge in [0.25, 0.3) is 0 Å². The van der Waals surface area contributed by atoms with E-state index in [1.54, 1.807) is 0 Å². The lowest BCUT2D eigenvalue weighted by Crippen LogP contribution is -2.50. The molecule has 0 aromatic heterocycles. The number of hydrogen-bond donors (Lipinski definition) is 2. The van der Waals surface area contributed by atoms with Crippen LogP contribution in [0.1, 0.15) is 39.5 Å². The van der Waals surface area contributed by atoms with Crippen LogP contribution >= 0.6 is 0 Å². The topological polar surface area (TPSA) is 93.1 Å². The molecule has 0 aromatic carbocycles. The van der Waals surface area contributed by atoms with Crippen LogP contribution in [-0.2, 0) is 19.1 Å². The van der Waals surface area contributed by atoms with E-state index in [2.05, 4.69) is 9.47 Å². The van der Waals surface area contributed by atoms with Crippen LogP contribution in [0.3, 0.4) is 0 Å². The second-order valence-electron chi connectivity index (χ2n) is 7.39. The fourth-order valence-electron chi connectivity index (χ4n) is 2.76. The van der Waals surface area contributed by atoms with E-state index in [1.807, 2.05) is 0 Å². The lowest BCUT2D eigenvalue weighted by atomic mass is 9.78. The van der Waals surface area contributed by atoms with Gasteiger partial charge >= 0.3 is 48.2 Å². The van der Waals surface area contributed by atoms with E-state index in [1.165, 1.54) is 0 Å². The highest BCUT2D eigenvalue weighted by atomic mass is 19.3. The number of alkyl halides is 12. The third kappa shape index (κ3) is 10.1. The minimum Gasteiger partial charge on any atom is -0.481 e. The molecule has 34 heavy (non-hydrogen) atoms. The van der Waals surface area contributed by atoms with Gasteiger partial charge in [0.2, 0.25) is 0 Å². The summed E-state index contributed by atoms with van der Waals surface area (Å²) in [6.45, 7) is -0.768. The van der Waals surface area contributed by atoms with Gasteiger partial charge in [-0.05, 0) is 11.8 Å². The number of carbonyl (C=O) groups is 2. The van der Waals surface area contributed by atoms with Crippen LogP contribution in [0.25, 0.3) is 0 Å². The second kappa shape index (κ2) is 10.3. The number of rotatable bonds is 15. The quantitative estimate of drug-likeness (QED) is 0.264. The predicted octanol–water partition coefficient (Wildman–Crippen LogP) is 5.66. The molecule has 2 unspecified atom stereocenters. The van der Waals surface area contributed by atoms with Crippen molar-refractivity contribution in [2.24, 2.45) is 11.8 Å². The van der Waals surface area contributed by atoms with Gasteiger partial charge in [-0.15, -0.1) is 0 Å². The average Bonchev–Trinajstić information content (AvgIpc) is 2.46. The van der Waals surface area contributed by atoms with E-state index in [9.17, 15) is 62.3 Å². The van der Waals surface area contributed by atoms with Gasteiger partial charge in [-0.3, -0.25) is 19.1 Å². The van der Waals surface area contributed by atoms with Crippen LogP contribution in [0.2, 0.25) is 0 Å². The van der Waals surface area contributed by atoms with Gasteiger partial charge in [0.15, 0.2) is 0 Å². The maximum absolute atomic E-state index is 14.0. The smallest absolute Gasteiger partial charge is 0.423 e.